The van der Waals surface area contributed by atoms with E-state index in [2.05, 4.69) is 10.1 Å². The van der Waals surface area contributed by atoms with Gasteiger partial charge in [-0.05, 0) is 0 Å². The minimum Gasteiger partial charge on any atom is -0.485 e. The van der Waals surface area contributed by atoms with E-state index in [-0.39, 0.29) is 29.5 Å². The van der Waals surface area contributed by atoms with Gasteiger partial charge < -0.3 is 25.6 Å². The Bertz CT molecular complexity index is 515. The molecule has 0 aromatic heterocycles. The van der Waals surface area contributed by atoms with Crippen LogP contribution in [0.5, 0.6) is 0 Å². The number of carbonyl (C=O) groups excluding carboxylic acids is 2. The second kappa shape index (κ2) is 3.85. The van der Waals surface area contributed by atoms with E-state index < -0.39 is 24.7 Å². The first-order chi connectivity index (χ1) is 9.00. The van der Waals surface area contributed by atoms with Crippen molar-refractivity contribution in [1.82, 2.24) is 10.2 Å². The van der Waals surface area contributed by atoms with Gasteiger partial charge in [0.25, 0.3) is 0 Å². The van der Waals surface area contributed by atoms with E-state index in [1.807, 2.05) is 0 Å². The second-order valence-corrected chi connectivity index (χ2v) is 4.43. The predicted molar refractivity (Wildman–Crippen MR) is 57.5 cm³/mol. The summed E-state index contributed by atoms with van der Waals surface area (Å²) in [6.45, 7) is 0.0270. The van der Waals surface area contributed by atoms with Crippen LogP contribution >= 0.6 is 0 Å². The molecule has 3 heterocycles. The van der Waals surface area contributed by atoms with E-state index >= 15 is 0 Å². The third-order valence-electron chi connectivity index (χ3n) is 3.41. The highest BCUT2D eigenvalue weighted by Gasteiger charge is 2.61. The number of rotatable bonds is 3. The highest BCUT2D eigenvalue weighted by Crippen LogP contribution is 2.39. The van der Waals surface area contributed by atoms with Gasteiger partial charge in [-0.25, -0.2) is 9.59 Å². The van der Waals surface area contributed by atoms with Crippen LogP contribution in [0.15, 0.2) is 11.5 Å². The van der Waals surface area contributed by atoms with E-state index in [1.165, 1.54) is 4.90 Å². The molecule has 2 fully saturated rings. The van der Waals surface area contributed by atoms with E-state index in [0.717, 1.165) is 0 Å². The van der Waals surface area contributed by atoms with Gasteiger partial charge in [0.05, 0.1) is 6.04 Å². The summed E-state index contributed by atoms with van der Waals surface area (Å²) in [6, 6.07) is -0.700. The molecule has 2 saturated heterocycles. The Labute approximate surface area is 106 Å². The zero-order valence-corrected chi connectivity index (χ0v) is 9.66. The quantitative estimate of drug-likeness (QED) is 0.503. The number of carboxylic acid groups (broad SMARTS) is 1. The molecule has 0 aliphatic carbocycles. The van der Waals surface area contributed by atoms with Crippen LogP contribution in [0.4, 0.5) is 4.79 Å². The second-order valence-electron chi connectivity index (χ2n) is 4.43. The summed E-state index contributed by atoms with van der Waals surface area (Å²) in [7, 11) is 0. The average molecular weight is 269 g/mol. The van der Waals surface area contributed by atoms with Crippen molar-refractivity contribution < 1.29 is 29.0 Å². The van der Waals surface area contributed by atoms with Gasteiger partial charge in [-0.1, -0.05) is 0 Å². The maximum absolute atomic E-state index is 11.8. The molecule has 0 spiro atoms. The Balaban J connectivity index is 1.93. The summed E-state index contributed by atoms with van der Waals surface area (Å²) < 4.78 is 10.0. The lowest BCUT2D eigenvalue weighted by molar-refractivity contribution is -0.159. The van der Waals surface area contributed by atoms with E-state index in [4.69, 9.17) is 10.5 Å². The normalized spacial score (nSPS) is 31.5. The van der Waals surface area contributed by atoms with Crippen molar-refractivity contribution in [3.63, 3.8) is 0 Å². The van der Waals surface area contributed by atoms with Gasteiger partial charge in [-0.3, -0.25) is 9.69 Å². The Morgan fingerprint density at radius 3 is 2.95 bits per heavy atom. The number of ether oxygens (including phenoxy) is 2. The Hall–Kier alpha value is -2.29. The Morgan fingerprint density at radius 1 is 1.58 bits per heavy atom. The third kappa shape index (κ3) is 1.55. The number of β-lactam (4-membered cyclic amide) rings is 1. The van der Waals surface area contributed by atoms with Crippen LogP contribution in [0.1, 0.15) is 0 Å². The first-order valence-corrected chi connectivity index (χ1v) is 5.62. The van der Waals surface area contributed by atoms with Crippen LogP contribution in [0.25, 0.3) is 0 Å². The molecule has 3 rings (SSSR count). The molecule has 0 aromatic rings. The van der Waals surface area contributed by atoms with Crippen LogP contribution in [0, 0.1) is 0 Å². The molecule has 9 heteroatoms. The van der Waals surface area contributed by atoms with Gasteiger partial charge in [0.2, 0.25) is 5.91 Å². The number of aliphatic carboxylic acids is 1. The highest BCUT2D eigenvalue weighted by molar-refractivity contribution is 6.00. The zero-order chi connectivity index (χ0) is 13.7. The number of primary amides is 1. The van der Waals surface area contributed by atoms with Crippen LogP contribution in [0.2, 0.25) is 0 Å². The van der Waals surface area contributed by atoms with E-state index in [9.17, 15) is 19.5 Å². The lowest BCUT2D eigenvalue weighted by Gasteiger charge is -2.48. The minimum atomic E-state index is -1.31. The predicted octanol–water partition coefficient (Wildman–Crippen LogP) is -2.04. The molecule has 9 nitrogen and oxygen atoms in total. The summed E-state index contributed by atoms with van der Waals surface area (Å²) in [5.41, 5.74) is 4.55. The van der Waals surface area contributed by atoms with Gasteiger partial charge in [-0.2, -0.15) is 0 Å². The molecule has 3 aliphatic rings. The molecular weight excluding hydrogens is 258 g/mol. The molecule has 3 aliphatic heterocycles. The molecule has 0 saturated carbocycles. The summed E-state index contributed by atoms with van der Waals surface area (Å²) >= 11 is 0. The van der Waals surface area contributed by atoms with Gasteiger partial charge >= 0.3 is 12.1 Å². The van der Waals surface area contributed by atoms with Crippen molar-refractivity contribution >= 4 is 18.0 Å². The van der Waals surface area contributed by atoms with Gasteiger partial charge in [0.1, 0.15) is 12.1 Å². The average Bonchev–Trinajstić information content (AvgIpc) is 2.74. The fourth-order valence-electron chi connectivity index (χ4n) is 2.67. The molecule has 0 radical (unpaired) electrons. The first kappa shape index (κ1) is 11.8. The van der Waals surface area contributed by atoms with Crippen molar-refractivity contribution in [2.24, 2.45) is 5.73 Å². The molecule has 0 bridgehead atoms. The van der Waals surface area contributed by atoms with E-state index in [1.54, 1.807) is 0 Å². The van der Waals surface area contributed by atoms with Crippen LogP contribution in [-0.2, 0) is 19.1 Å². The van der Waals surface area contributed by atoms with Crippen molar-refractivity contribution in [3.05, 3.63) is 11.5 Å². The number of hydrogen-bond acceptors (Lipinski definition) is 6. The summed E-state index contributed by atoms with van der Waals surface area (Å²) in [4.78, 5) is 34.8. The summed E-state index contributed by atoms with van der Waals surface area (Å²) in [5, 5.41) is 12.1. The first-order valence-electron chi connectivity index (χ1n) is 5.62. The number of amides is 2. The lowest BCUT2D eigenvalue weighted by Crippen LogP contribution is -2.70. The number of carbonyl (C=O) groups is 3. The van der Waals surface area contributed by atoms with Crippen LogP contribution < -0.4 is 11.1 Å². The number of nitrogens with two attached hydrogens (primary N) is 1. The third-order valence-corrected chi connectivity index (χ3v) is 3.41. The smallest absolute Gasteiger partial charge is 0.404 e. The minimum absolute atomic E-state index is 0.0666. The van der Waals surface area contributed by atoms with Crippen molar-refractivity contribution in [3.8, 4) is 0 Å². The van der Waals surface area contributed by atoms with Crippen molar-refractivity contribution in [2.75, 3.05) is 13.2 Å². The lowest BCUT2D eigenvalue weighted by atomic mass is 9.91. The standard InChI is InChI=1S/C10H11N3O6/c11-10(17)18-2-4-7(9(15)16)13-6-3(19-4)1-12-5(6)8(13)14/h3,5-6,12H,1-2H2,(H2,11,17)(H,15,16)/t3-,5+,6-/m1/s1. The summed E-state index contributed by atoms with van der Waals surface area (Å²) in [5.74, 6) is -1.69. The van der Waals surface area contributed by atoms with Gasteiger partial charge in [0.15, 0.2) is 18.1 Å². The molecule has 4 N–H and O–H groups in total. The highest BCUT2D eigenvalue weighted by atomic mass is 16.6. The van der Waals surface area contributed by atoms with Gasteiger partial charge in [0, 0.05) is 6.54 Å². The molecule has 3 atom stereocenters. The number of hydrogen-bond donors (Lipinski definition) is 3. The van der Waals surface area contributed by atoms with Crippen LogP contribution in [0.3, 0.4) is 0 Å². The fraction of sp³-hybridized carbons (Fsp3) is 0.500. The fourth-order valence-corrected chi connectivity index (χ4v) is 2.67. The Kier molecular flexibility index (Phi) is 2.39. The summed E-state index contributed by atoms with van der Waals surface area (Å²) in [6.07, 6.45) is -1.38. The monoisotopic (exact) mass is 269 g/mol. The molecule has 2 amide bonds. The maximum Gasteiger partial charge on any atom is 0.404 e. The van der Waals surface area contributed by atoms with Crippen molar-refractivity contribution in [2.45, 2.75) is 18.2 Å². The molecule has 102 valence electrons. The number of nitrogens with one attached hydrogen (secondary N) is 1. The Morgan fingerprint density at radius 2 is 2.32 bits per heavy atom. The number of carboxylic acids is 1. The van der Waals surface area contributed by atoms with Gasteiger partial charge in [-0.15, -0.1) is 0 Å². The SMILES string of the molecule is NC(=O)OCC1=C(C(=O)O)N2C(=O)[C@H]3NC[C@@H](O1)[C@H]32. The van der Waals surface area contributed by atoms with Crippen molar-refractivity contribution in [1.29, 1.82) is 0 Å². The largest absolute Gasteiger partial charge is 0.485 e. The molecule has 0 unspecified atom stereocenters. The van der Waals surface area contributed by atoms with Crippen LogP contribution in [-0.4, -0.2) is 59.3 Å². The molecule has 19 heavy (non-hydrogen) atoms. The zero-order valence-electron chi connectivity index (χ0n) is 9.66. The number of nitrogens with zero attached hydrogens (tertiary/aromatic N) is 1. The molecular formula is C10H11N3O6. The van der Waals surface area contributed by atoms with E-state index in [0.29, 0.717) is 6.54 Å². The molecule has 0 aromatic carbocycles. The topological polar surface area (TPSA) is 131 Å². The maximum atomic E-state index is 11.8.